The smallest absolute Gasteiger partial charge is 0.222 e. The molecule has 2 aliphatic heterocycles. The van der Waals surface area contributed by atoms with Crippen LogP contribution in [0.3, 0.4) is 0 Å². The van der Waals surface area contributed by atoms with Crippen LogP contribution in [0, 0.1) is 5.92 Å². The molecule has 0 bridgehead atoms. The molecule has 2 rings (SSSR count). The molecule has 122 valence electrons. The molecular weight excluding hydrogens is 268 g/mol. The fourth-order valence-corrected chi connectivity index (χ4v) is 3.16. The van der Waals surface area contributed by atoms with E-state index in [9.17, 15) is 4.79 Å². The van der Waals surface area contributed by atoms with Crippen molar-refractivity contribution in [3.05, 3.63) is 0 Å². The lowest BCUT2D eigenvalue weighted by molar-refractivity contribution is -0.135. The van der Waals surface area contributed by atoms with Crippen LogP contribution in [0.25, 0.3) is 0 Å². The van der Waals surface area contributed by atoms with Crippen molar-refractivity contribution in [2.45, 2.75) is 45.1 Å². The van der Waals surface area contributed by atoms with Gasteiger partial charge in [-0.05, 0) is 51.6 Å². The van der Waals surface area contributed by atoms with E-state index in [0.717, 1.165) is 45.6 Å². The Balaban J connectivity index is 1.60. The second-order valence-electron chi connectivity index (χ2n) is 6.06. The van der Waals surface area contributed by atoms with Crippen LogP contribution in [-0.2, 0) is 14.3 Å². The van der Waals surface area contributed by atoms with Gasteiger partial charge >= 0.3 is 0 Å². The maximum absolute atomic E-state index is 12.3. The molecule has 1 unspecified atom stereocenters. The summed E-state index contributed by atoms with van der Waals surface area (Å²) >= 11 is 0. The van der Waals surface area contributed by atoms with E-state index in [1.807, 2.05) is 11.8 Å². The van der Waals surface area contributed by atoms with Crippen molar-refractivity contribution in [1.29, 1.82) is 0 Å². The summed E-state index contributed by atoms with van der Waals surface area (Å²) in [7, 11) is 0. The maximum Gasteiger partial charge on any atom is 0.222 e. The van der Waals surface area contributed by atoms with Crippen molar-refractivity contribution in [2.75, 3.05) is 46.0 Å². The van der Waals surface area contributed by atoms with Crippen LogP contribution in [0.5, 0.6) is 0 Å². The molecule has 0 aromatic heterocycles. The summed E-state index contributed by atoms with van der Waals surface area (Å²) in [6.07, 6.45) is 5.32. The van der Waals surface area contributed by atoms with Crippen molar-refractivity contribution >= 4 is 5.91 Å². The van der Waals surface area contributed by atoms with E-state index in [2.05, 4.69) is 5.32 Å². The predicted molar refractivity (Wildman–Crippen MR) is 82.3 cm³/mol. The zero-order chi connectivity index (χ0) is 14.9. The molecule has 2 aliphatic rings. The minimum absolute atomic E-state index is 0.297. The molecule has 0 aliphatic carbocycles. The first-order valence-electron chi connectivity index (χ1n) is 8.47. The summed E-state index contributed by atoms with van der Waals surface area (Å²) in [5.41, 5.74) is 0. The molecule has 5 nitrogen and oxygen atoms in total. The molecular formula is C16H30N2O3. The lowest BCUT2D eigenvalue weighted by atomic mass is 9.95. The molecule has 2 fully saturated rings. The van der Waals surface area contributed by atoms with Gasteiger partial charge < -0.3 is 19.7 Å². The highest BCUT2D eigenvalue weighted by molar-refractivity contribution is 5.76. The number of likely N-dealkylation sites (tertiary alicyclic amines) is 1. The van der Waals surface area contributed by atoms with Crippen molar-refractivity contribution < 1.29 is 14.3 Å². The lowest BCUT2D eigenvalue weighted by Gasteiger charge is -2.33. The summed E-state index contributed by atoms with van der Waals surface area (Å²) in [6.45, 7) is 7.87. The predicted octanol–water partition coefficient (Wildman–Crippen LogP) is 1.42. The number of piperidine rings is 2. The van der Waals surface area contributed by atoms with Crippen LogP contribution in [0.2, 0.25) is 0 Å². The van der Waals surface area contributed by atoms with E-state index in [-0.39, 0.29) is 0 Å². The standard InChI is InChI=1S/C16H30N2O3/c1-2-20-10-11-21-15-5-8-18(9-6-15)16(19)12-14-4-3-7-17-13-14/h14-15,17H,2-13H2,1H3. The molecule has 21 heavy (non-hydrogen) atoms. The topological polar surface area (TPSA) is 50.8 Å². The largest absolute Gasteiger partial charge is 0.379 e. The van der Waals surface area contributed by atoms with Crippen LogP contribution in [0.1, 0.15) is 39.0 Å². The molecule has 5 heteroatoms. The summed E-state index contributed by atoms with van der Waals surface area (Å²) < 4.78 is 11.1. The Labute approximate surface area is 128 Å². The number of ether oxygens (including phenoxy) is 2. The van der Waals surface area contributed by atoms with Crippen molar-refractivity contribution in [3.8, 4) is 0 Å². The minimum atomic E-state index is 0.297. The molecule has 0 spiro atoms. The molecule has 0 aromatic rings. The van der Waals surface area contributed by atoms with Gasteiger partial charge in [0.1, 0.15) is 0 Å². The fourth-order valence-electron chi connectivity index (χ4n) is 3.16. The molecule has 0 radical (unpaired) electrons. The van der Waals surface area contributed by atoms with E-state index in [4.69, 9.17) is 9.47 Å². The van der Waals surface area contributed by atoms with Crippen molar-refractivity contribution in [2.24, 2.45) is 5.92 Å². The van der Waals surface area contributed by atoms with Gasteiger partial charge in [-0.3, -0.25) is 4.79 Å². The number of rotatable bonds is 7. The normalized spacial score (nSPS) is 24.2. The second kappa shape index (κ2) is 9.38. The van der Waals surface area contributed by atoms with Gasteiger partial charge in [0, 0.05) is 26.1 Å². The number of carbonyl (C=O) groups is 1. The number of hydrogen-bond acceptors (Lipinski definition) is 4. The summed E-state index contributed by atoms with van der Waals surface area (Å²) in [5.74, 6) is 0.864. The Morgan fingerprint density at radius 2 is 2.05 bits per heavy atom. The molecule has 1 atom stereocenters. The van der Waals surface area contributed by atoms with Gasteiger partial charge in [-0.15, -0.1) is 0 Å². The first kappa shape index (κ1) is 16.7. The van der Waals surface area contributed by atoms with E-state index in [0.29, 0.717) is 37.6 Å². The monoisotopic (exact) mass is 298 g/mol. The third-order valence-corrected chi connectivity index (χ3v) is 4.44. The first-order valence-corrected chi connectivity index (χ1v) is 8.47. The van der Waals surface area contributed by atoms with Crippen LogP contribution in [-0.4, -0.2) is 62.9 Å². The fraction of sp³-hybridized carbons (Fsp3) is 0.938. The highest BCUT2D eigenvalue weighted by Gasteiger charge is 2.25. The van der Waals surface area contributed by atoms with Gasteiger partial charge in [0.15, 0.2) is 0 Å². The second-order valence-corrected chi connectivity index (χ2v) is 6.06. The zero-order valence-corrected chi connectivity index (χ0v) is 13.3. The van der Waals surface area contributed by atoms with Crippen LogP contribution in [0.15, 0.2) is 0 Å². The Morgan fingerprint density at radius 3 is 2.71 bits per heavy atom. The molecule has 2 saturated heterocycles. The first-order chi connectivity index (χ1) is 10.3. The molecule has 2 heterocycles. The van der Waals surface area contributed by atoms with Gasteiger partial charge in [0.25, 0.3) is 0 Å². The number of nitrogens with one attached hydrogen (secondary N) is 1. The number of carbonyl (C=O) groups excluding carboxylic acids is 1. The minimum Gasteiger partial charge on any atom is -0.379 e. The average Bonchev–Trinajstić information content (AvgIpc) is 2.53. The van der Waals surface area contributed by atoms with E-state index < -0.39 is 0 Å². The highest BCUT2D eigenvalue weighted by Crippen LogP contribution is 2.19. The highest BCUT2D eigenvalue weighted by atomic mass is 16.5. The third-order valence-electron chi connectivity index (χ3n) is 4.44. The van der Waals surface area contributed by atoms with E-state index in [1.165, 1.54) is 12.8 Å². The lowest BCUT2D eigenvalue weighted by Crippen LogP contribution is -2.42. The van der Waals surface area contributed by atoms with Gasteiger partial charge in [0.2, 0.25) is 5.91 Å². The summed E-state index contributed by atoms with van der Waals surface area (Å²) in [4.78, 5) is 14.3. The quantitative estimate of drug-likeness (QED) is 0.722. The van der Waals surface area contributed by atoms with Gasteiger partial charge in [-0.1, -0.05) is 0 Å². The Hall–Kier alpha value is -0.650. The van der Waals surface area contributed by atoms with E-state index >= 15 is 0 Å². The average molecular weight is 298 g/mol. The Kier molecular flexibility index (Phi) is 7.47. The summed E-state index contributed by atoms with van der Waals surface area (Å²) in [6, 6.07) is 0. The van der Waals surface area contributed by atoms with E-state index in [1.54, 1.807) is 0 Å². The van der Waals surface area contributed by atoms with Crippen LogP contribution in [0.4, 0.5) is 0 Å². The van der Waals surface area contributed by atoms with Crippen molar-refractivity contribution in [3.63, 3.8) is 0 Å². The summed E-state index contributed by atoms with van der Waals surface area (Å²) in [5, 5.41) is 3.38. The van der Waals surface area contributed by atoms with Crippen molar-refractivity contribution in [1.82, 2.24) is 10.2 Å². The van der Waals surface area contributed by atoms with Gasteiger partial charge in [-0.25, -0.2) is 0 Å². The van der Waals surface area contributed by atoms with Gasteiger partial charge in [-0.2, -0.15) is 0 Å². The number of amides is 1. The molecule has 1 amide bonds. The number of hydrogen-bond donors (Lipinski definition) is 1. The Bertz CT molecular complexity index is 298. The van der Waals surface area contributed by atoms with Gasteiger partial charge in [0.05, 0.1) is 19.3 Å². The number of nitrogens with zero attached hydrogens (tertiary/aromatic N) is 1. The molecule has 1 N–H and O–H groups in total. The Morgan fingerprint density at radius 1 is 1.24 bits per heavy atom. The van der Waals surface area contributed by atoms with Crippen LogP contribution >= 0.6 is 0 Å². The third kappa shape index (κ3) is 5.93. The van der Waals surface area contributed by atoms with Crippen LogP contribution < -0.4 is 5.32 Å². The zero-order valence-electron chi connectivity index (χ0n) is 13.3. The SMILES string of the molecule is CCOCCOC1CCN(C(=O)CC2CCCNC2)CC1. The molecule has 0 saturated carbocycles. The maximum atomic E-state index is 12.3. The molecule has 0 aromatic carbocycles.